The normalized spacial score (nSPS) is 25.1. The van der Waals surface area contributed by atoms with Crippen molar-refractivity contribution in [3.05, 3.63) is 59.0 Å². The van der Waals surface area contributed by atoms with Crippen LogP contribution in [0.15, 0.2) is 36.4 Å². The summed E-state index contributed by atoms with van der Waals surface area (Å²) in [6, 6.07) is 10.9. The Kier molecular flexibility index (Phi) is 5.05. The van der Waals surface area contributed by atoms with E-state index < -0.39 is 0 Å². The van der Waals surface area contributed by atoms with E-state index in [1.807, 2.05) is 43.0 Å². The van der Waals surface area contributed by atoms with E-state index in [1.165, 1.54) is 0 Å². The van der Waals surface area contributed by atoms with Crippen molar-refractivity contribution in [2.24, 2.45) is 17.8 Å². The fourth-order valence-corrected chi connectivity index (χ4v) is 5.63. The highest BCUT2D eigenvalue weighted by Crippen LogP contribution is 2.53. The van der Waals surface area contributed by atoms with Gasteiger partial charge in [-0.1, -0.05) is 18.2 Å². The minimum atomic E-state index is -0.159. The first-order valence-electron chi connectivity index (χ1n) is 12.0. The van der Waals surface area contributed by atoms with Gasteiger partial charge in [0.1, 0.15) is 0 Å². The van der Waals surface area contributed by atoms with Crippen LogP contribution >= 0.6 is 0 Å². The van der Waals surface area contributed by atoms with Crippen LogP contribution in [0.3, 0.4) is 0 Å². The van der Waals surface area contributed by atoms with Gasteiger partial charge in [-0.3, -0.25) is 14.4 Å². The number of carbonyl (C=O) groups is 3. The third-order valence-corrected chi connectivity index (χ3v) is 7.57. The van der Waals surface area contributed by atoms with Gasteiger partial charge >= 0.3 is 0 Å². The van der Waals surface area contributed by atoms with E-state index >= 15 is 0 Å². The number of likely N-dealkylation sites (tertiary alicyclic amines) is 2. The van der Waals surface area contributed by atoms with Gasteiger partial charge in [0.2, 0.25) is 5.91 Å². The van der Waals surface area contributed by atoms with Gasteiger partial charge in [-0.05, 0) is 44.2 Å². The molecule has 3 unspecified atom stereocenters. The van der Waals surface area contributed by atoms with Crippen molar-refractivity contribution in [3.63, 3.8) is 0 Å². The number of fused-ring (bicyclic) bond motifs is 2. The van der Waals surface area contributed by atoms with Gasteiger partial charge in [0.25, 0.3) is 11.8 Å². The van der Waals surface area contributed by atoms with Gasteiger partial charge in [0, 0.05) is 49.8 Å². The van der Waals surface area contributed by atoms with Crippen molar-refractivity contribution >= 4 is 23.4 Å². The first-order chi connectivity index (χ1) is 16.9. The van der Waals surface area contributed by atoms with Crippen LogP contribution in [0.4, 0.5) is 0 Å². The molecule has 2 aromatic heterocycles. The molecule has 6 rings (SSSR count). The number of nitrogens with zero attached hydrogens (tertiary/aromatic N) is 6. The van der Waals surface area contributed by atoms with E-state index in [0.717, 1.165) is 12.1 Å². The summed E-state index contributed by atoms with van der Waals surface area (Å²) in [6.45, 7) is 5.99. The van der Waals surface area contributed by atoms with Crippen LogP contribution in [-0.2, 0) is 4.79 Å². The van der Waals surface area contributed by atoms with Crippen LogP contribution < -0.4 is 5.32 Å². The molecule has 1 aromatic carbocycles. The van der Waals surface area contributed by atoms with Crippen LogP contribution in [0.2, 0.25) is 0 Å². The van der Waals surface area contributed by atoms with Gasteiger partial charge in [-0.2, -0.15) is 5.10 Å². The number of carbonyl (C=O) groups excluding carboxylic acids is 3. The van der Waals surface area contributed by atoms with Crippen molar-refractivity contribution in [1.29, 1.82) is 0 Å². The second kappa shape index (κ2) is 8.14. The molecule has 1 N–H and O–H groups in total. The van der Waals surface area contributed by atoms with E-state index in [9.17, 15) is 14.4 Å². The van der Waals surface area contributed by atoms with Gasteiger partial charge in [-0.15, -0.1) is 10.2 Å². The Morgan fingerprint density at radius 1 is 0.971 bits per heavy atom. The van der Waals surface area contributed by atoms with Crippen LogP contribution in [-0.4, -0.2) is 79.6 Å². The first-order valence-corrected chi connectivity index (χ1v) is 12.0. The number of amides is 3. The molecule has 3 aliphatic rings. The van der Waals surface area contributed by atoms with Crippen molar-refractivity contribution < 1.29 is 14.4 Å². The van der Waals surface area contributed by atoms with E-state index in [0.29, 0.717) is 48.8 Å². The second-order valence-corrected chi connectivity index (χ2v) is 9.86. The summed E-state index contributed by atoms with van der Waals surface area (Å²) in [5, 5.41) is 15.7. The summed E-state index contributed by atoms with van der Waals surface area (Å²) in [6.07, 6.45) is 0.754. The number of benzene rings is 1. The van der Waals surface area contributed by atoms with Crippen LogP contribution in [0.25, 0.3) is 5.65 Å². The summed E-state index contributed by atoms with van der Waals surface area (Å²) in [5.74, 6) is 0.221. The van der Waals surface area contributed by atoms with Crippen molar-refractivity contribution in [2.45, 2.75) is 26.3 Å². The Morgan fingerprint density at radius 2 is 1.71 bits per heavy atom. The predicted molar refractivity (Wildman–Crippen MR) is 126 cm³/mol. The minimum absolute atomic E-state index is 0.0361. The maximum atomic E-state index is 13.1. The Balaban J connectivity index is 1.04. The standard InChI is InChI=1S/C25H27N7O3/c1-14-10-20-27-28-22(15(2)32(20)29-14)25(35)31-12-18-19(13-31)21(18)24(34)30-9-8-17(11-30)26-23(33)16-6-4-3-5-7-16/h3-7,10,17-19,21H,8-9,11-13H2,1-2H3,(H,26,33). The molecule has 1 aliphatic carbocycles. The quantitative estimate of drug-likeness (QED) is 0.607. The number of hydrogen-bond donors (Lipinski definition) is 1. The summed E-state index contributed by atoms with van der Waals surface area (Å²) in [4.78, 5) is 42.4. The Labute approximate surface area is 202 Å². The molecule has 4 heterocycles. The van der Waals surface area contributed by atoms with Gasteiger partial charge in [0.05, 0.1) is 11.4 Å². The number of aryl methyl sites for hydroxylation is 2. The van der Waals surface area contributed by atoms with Crippen molar-refractivity contribution in [1.82, 2.24) is 34.9 Å². The van der Waals surface area contributed by atoms with Crippen LogP contribution in [0.1, 0.15) is 38.7 Å². The molecule has 1 saturated carbocycles. The van der Waals surface area contributed by atoms with Gasteiger partial charge < -0.3 is 15.1 Å². The zero-order valence-corrected chi connectivity index (χ0v) is 19.7. The lowest BCUT2D eigenvalue weighted by molar-refractivity contribution is -0.132. The zero-order valence-electron chi connectivity index (χ0n) is 19.7. The monoisotopic (exact) mass is 473 g/mol. The van der Waals surface area contributed by atoms with Gasteiger partial charge in [0.15, 0.2) is 11.3 Å². The predicted octanol–water partition coefficient (Wildman–Crippen LogP) is 1.09. The average molecular weight is 474 g/mol. The highest BCUT2D eigenvalue weighted by molar-refractivity contribution is 5.95. The SMILES string of the molecule is Cc1cc2nnc(C(=O)N3CC4C(C3)C4C(=O)N3CCC(NC(=O)c4ccccc4)C3)c(C)n2n1. The number of piperidine rings is 1. The molecule has 2 saturated heterocycles. The molecular formula is C25H27N7O3. The van der Waals surface area contributed by atoms with Crippen LogP contribution in [0.5, 0.6) is 0 Å². The molecule has 3 atom stereocenters. The molecule has 10 heteroatoms. The molecule has 180 valence electrons. The van der Waals surface area contributed by atoms with Crippen LogP contribution in [0, 0.1) is 31.6 Å². The Hall–Kier alpha value is -3.82. The molecule has 10 nitrogen and oxygen atoms in total. The lowest BCUT2D eigenvalue weighted by Gasteiger charge is -2.22. The topological polar surface area (TPSA) is 113 Å². The van der Waals surface area contributed by atoms with E-state index in [4.69, 9.17) is 0 Å². The molecular weight excluding hydrogens is 446 g/mol. The second-order valence-electron chi connectivity index (χ2n) is 9.86. The molecule has 3 fully saturated rings. The fourth-order valence-electron chi connectivity index (χ4n) is 5.63. The summed E-state index contributed by atoms with van der Waals surface area (Å²) in [5.41, 5.74) is 3.04. The fraction of sp³-hybridized carbons (Fsp3) is 0.440. The van der Waals surface area contributed by atoms with E-state index in [2.05, 4.69) is 20.6 Å². The highest BCUT2D eigenvalue weighted by Gasteiger charge is 2.61. The summed E-state index contributed by atoms with van der Waals surface area (Å²) >= 11 is 0. The maximum absolute atomic E-state index is 13.1. The number of hydrogen-bond acceptors (Lipinski definition) is 6. The van der Waals surface area contributed by atoms with E-state index in [1.54, 1.807) is 21.5 Å². The molecule has 0 bridgehead atoms. The molecule has 35 heavy (non-hydrogen) atoms. The Morgan fingerprint density at radius 3 is 2.46 bits per heavy atom. The highest BCUT2D eigenvalue weighted by atomic mass is 16.2. The average Bonchev–Trinajstić information content (AvgIpc) is 3.27. The number of rotatable bonds is 4. The third-order valence-electron chi connectivity index (χ3n) is 7.57. The molecule has 2 aliphatic heterocycles. The molecule has 0 radical (unpaired) electrons. The largest absolute Gasteiger partial charge is 0.347 e. The number of aromatic nitrogens is 4. The third kappa shape index (κ3) is 3.73. The summed E-state index contributed by atoms with van der Waals surface area (Å²) in [7, 11) is 0. The minimum Gasteiger partial charge on any atom is -0.347 e. The van der Waals surface area contributed by atoms with E-state index in [-0.39, 0.29) is 41.5 Å². The van der Waals surface area contributed by atoms with Crippen molar-refractivity contribution in [3.8, 4) is 0 Å². The maximum Gasteiger partial charge on any atom is 0.276 e. The zero-order chi connectivity index (χ0) is 24.3. The molecule has 3 amide bonds. The smallest absolute Gasteiger partial charge is 0.276 e. The summed E-state index contributed by atoms with van der Waals surface area (Å²) < 4.78 is 1.65. The first kappa shape index (κ1) is 21.7. The van der Waals surface area contributed by atoms with Crippen molar-refractivity contribution in [2.75, 3.05) is 26.2 Å². The van der Waals surface area contributed by atoms with Gasteiger partial charge in [-0.25, -0.2) is 4.52 Å². The lowest BCUT2D eigenvalue weighted by Crippen LogP contribution is -2.40. The molecule has 0 spiro atoms. The Bertz CT molecular complexity index is 1330. The number of nitrogens with one attached hydrogen (secondary N) is 1. The lowest BCUT2D eigenvalue weighted by atomic mass is 10.2. The molecule has 3 aromatic rings.